The summed E-state index contributed by atoms with van der Waals surface area (Å²) >= 11 is 0. The Balaban J connectivity index is 2.75. The van der Waals surface area contributed by atoms with Gasteiger partial charge in [-0.25, -0.2) is 4.39 Å². The zero-order valence-electron chi connectivity index (χ0n) is 11.6. The SMILES string of the molecule is CCCNC(COCCC)c1cc(F)ccc1C. The van der Waals surface area contributed by atoms with E-state index in [0.29, 0.717) is 6.61 Å². The Morgan fingerprint density at radius 3 is 2.72 bits per heavy atom. The molecule has 102 valence electrons. The topological polar surface area (TPSA) is 21.3 Å². The molecule has 0 radical (unpaired) electrons. The van der Waals surface area contributed by atoms with Gasteiger partial charge in [-0.2, -0.15) is 0 Å². The van der Waals surface area contributed by atoms with Crippen LogP contribution >= 0.6 is 0 Å². The van der Waals surface area contributed by atoms with Gasteiger partial charge in [0.15, 0.2) is 0 Å². The van der Waals surface area contributed by atoms with Crippen molar-refractivity contribution in [2.24, 2.45) is 0 Å². The molecule has 0 fully saturated rings. The molecule has 1 N–H and O–H groups in total. The maximum absolute atomic E-state index is 13.3. The number of hydrogen-bond acceptors (Lipinski definition) is 2. The number of halogens is 1. The molecule has 0 saturated heterocycles. The Kier molecular flexibility index (Phi) is 6.91. The van der Waals surface area contributed by atoms with E-state index in [-0.39, 0.29) is 11.9 Å². The normalized spacial score (nSPS) is 12.7. The summed E-state index contributed by atoms with van der Waals surface area (Å²) in [6, 6.07) is 5.01. The van der Waals surface area contributed by atoms with Crippen LogP contribution in [0.1, 0.15) is 43.9 Å². The smallest absolute Gasteiger partial charge is 0.123 e. The largest absolute Gasteiger partial charge is 0.379 e. The molecule has 0 aliphatic carbocycles. The first kappa shape index (κ1) is 15.1. The summed E-state index contributed by atoms with van der Waals surface area (Å²) in [5, 5.41) is 3.42. The van der Waals surface area contributed by atoms with Gasteiger partial charge in [-0.3, -0.25) is 0 Å². The Labute approximate surface area is 110 Å². The highest BCUT2D eigenvalue weighted by molar-refractivity contribution is 5.29. The minimum atomic E-state index is -0.186. The minimum absolute atomic E-state index is 0.0761. The minimum Gasteiger partial charge on any atom is -0.379 e. The summed E-state index contributed by atoms with van der Waals surface area (Å²) in [6.07, 6.45) is 2.06. The molecule has 1 aromatic carbocycles. The number of ether oxygens (including phenoxy) is 1. The average Bonchev–Trinajstić information content (AvgIpc) is 2.37. The third-order valence-corrected chi connectivity index (χ3v) is 2.89. The second-order valence-electron chi connectivity index (χ2n) is 4.58. The molecule has 0 saturated carbocycles. The zero-order chi connectivity index (χ0) is 13.4. The summed E-state index contributed by atoms with van der Waals surface area (Å²) in [5.41, 5.74) is 2.10. The molecule has 0 aromatic heterocycles. The summed E-state index contributed by atoms with van der Waals surface area (Å²) in [4.78, 5) is 0. The van der Waals surface area contributed by atoms with Crippen LogP contribution in [-0.4, -0.2) is 19.8 Å². The van der Waals surface area contributed by atoms with Gasteiger partial charge in [-0.1, -0.05) is 19.9 Å². The monoisotopic (exact) mass is 253 g/mol. The Morgan fingerprint density at radius 1 is 1.28 bits per heavy atom. The number of benzene rings is 1. The maximum Gasteiger partial charge on any atom is 0.123 e. The standard InChI is InChI=1S/C15H24FNO/c1-4-8-17-15(11-18-9-5-2)14-10-13(16)7-6-12(14)3/h6-7,10,15,17H,4-5,8-9,11H2,1-3H3. The van der Waals surface area contributed by atoms with Gasteiger partial charge < -0.3 is 10.1 Å². The molecular formula is C15H24FNO. The molecular weight excluding hydrogens is 229 g/mol. The van der Waals surface area contributed by atoms with Gasteiger partial charge in [0.2, 0.25) is 0 Å². The van der Waals surface area contributed by atoms with Crippen LogP contribution in [0.15, 0.2) is 18.2 Å². The molecule has 0 heterocycles. The molecule has 2 nitrogen and oxygen atoms in total. The Morgan fingerprint density at radius 2 is 2.06 bits per heavy atom. The maximum atomic E-state index is 13.3. The highest BCUT2D eigenvalue weighted by Crippen LogP contribution is 2.19. The molecule has 1 atom stereocenters. The predicted octanol–water partition coefficient (Wildman–Crippen LogP) is 3.60. The first-order valence-electron chi connectivity index (χ1n) is 6.76. The fraction of sp³-hybridized carbons (Fsp3) is 0.600. The highest BCUT2D eigenvalue weighted by Gasteiger charge is 2.14. The molecule has 0 aliphatic heterocycles. The number of aryl methyl sites for hydroxylation is 1. The summed E-state index contributed by atoms with van der Waals surface area (Å²) in [6.45, 7) is 8.47. The summed E-state index contributed by atoms with van der Waals surface area (Å²) in [5.74, 6) is -0.186. The zero-order valence-corrected chi connectivity index (χ0v) is 11.6. The van der Waals surface area contributed by atoms with Crippen molar-refractivity contribution in [1.29, 1.82) is 0 Å². The Hall–Kier alpha value is -0.930. The van der Waals surface area contributed by atoms with E-state index >= 15 is 0 Å². The van der Waals surface area contributed by atoms with E-state index in [9.17, 15) is 4.39 Å². The van der Waals surface area contributed by atoms with Crippen molar-refractivity contribution in [3.63, 3.8) is 0 Å². The molecule has 0 aliphatic rings. The lowest BCUT2D eigenvalue weighted by Crippen LogP contribution is -2.27. The molecule has 3 heteroatoms. The van der Waals surface area contributed by atoms with Crippen molar-refractivity contribution < 1.29 is 9.13 Å². The van der Waals surface area contributed by atoms with Crippen molar-refractivity contribution in [3.8, 4) is 0 Å². The van der Waals surface area contributed by atoms with Crippen LogP contribution in [0.25, 0.3) is 0 Å². The molecule has 1 aromatic rings. The fourth-order valence-electron chi connectivity index (χ4n) is 1.91. The molecule has 18 heavy (non-hydrogen) atoms. The van der Waals surface area contributed by atoms with Gasteiger partial charge in [-0.15, -0.1) is 0 Å². The summed E-state index contributed by atoms with van der Waals surface area (Å²) < 4.78 is 19.0. The van der Waals surface area contributed by atoms with E-state index in [4.69, 9.17) is 4.74 Å². The third kappa shape index (κ3) is 4.75. The Bertz CT molecular complexity index is 354. The van der Waals surface area contributed by atoms with Crippen LogP contribution < -0.4 is 5.32 Å². The number of nitrogens with one attached hydrogen (secondary N) is 1. The van der Waals surface area contributed by atoms with Crippen molar-refractivity contribution in [2.75, 3.05) is 19.8 Å². The van der Waals surface area contributed by atoms with Crippen LogP contribution in [0, 0.1) is 12.7 Å². The quantitative estimate of drug-likeness (QED) is 0.715. The van der Waals surface area contributed by atoms with Crippen LogP contribution in [-0.2, 0) is 4.74 Å². The second kappa shape index (κ2) is 8.22. The van der Waals surface area contributed by atoms with Crippen molar-refractivity contribution in [3.05, 3.63) is 35.1 Å². The lowest BCUT2D eigenvalue weighted by molar-refractivity contribution is 0.111. The molecule has 1 unspecified atom stereocenters. The van der Waals surface area contributed by atoms with E-state index in [0.717, 1.165) is 37.1 Å². The average molecular weight is 253 g/mol. The van der Waals surface area contributed by atoms with Gasteiger partial charge >= 0.3 is 0 Å². The highest BCUT2D eigenvalue weighted by atomic mass is 19.1. The van der Waals surface area contributed by atoms with Crippen molar-refractivity contribution in [2.45, 2.75) is 39.7 Å². The number of hydrogen-bond donors (Lipinski definition) is 1. The van der Waals surface area contributed by atoms with E-state index in [1.54, 1.807) is 6.07 Å². The van der Waals surface area contributed by atoms with Crippen LogP contribution in [0.5, 0.6) is 0 Å². The van der Waals surface area contributed by atoms with Crippen molar-refractivity contribution in [1.82, 2.24) is 5.32 Å². The van der Waals surface area contributed by atoms with E-state index < -0.39 is 0 Å². The van der Waals surface area contributed by atoms with Gasteiger partial charge in [0.05, 0.1) is 12.6 Å². The van der Waals surface area contributed by atoms with Gasteiger partial charge in [0.1, 0.15) is 5.82 Å². The first-order chi connectivity index (χ1) is 8.69. The van der Waals surface area contributed by atoms with E-state index in [1.165, 1.54) is 6.07 Å². The molecule has 0 amide bonds. The molecule has 0 spiro atoms. The molecule has 1 rings (SSSR count). The van der Waals surface area contributed by atoms with Gasteiger partial charge in [-0.05, 0) is 49.6 Å². The summed E-state index contributed by atoms with van der Waals surface area (Å²) in [7, 11) is 0. The van der Waals surface area contributed by atoms with Crippen LogP contribution in [0.4, 0.5) is 4.39 Å². The number of rotatable bonds is 8. The lowest BCUT2D eigenvalue weighted by atomic mass is 10.0. The van der Waals surface area contributed by atoms with E-state index in [1.807, 2.05) is 13.0 Å². The van der Waals surface area contributed by atoms with Crippen molar-refractivity contribution >= 4 is 0 Å². The predicted molar refractivity (Wildman–Crippen MR) is 73.3 cm³/mol. The van der Waals surface area contributed by atoms with E-state index in [2.05, 4.69) is 19.2 Å². The second-order valence-corrected chi connectivity index (χ2v) is 4.58. The fourth-order valence-corrected chi connectivity index (χ4v) is 1.91. The van der Waals surface area contributed by atoms with Crippen LogP contribution in [0.2, 0.25) is 0 Å². The van der Waals surface area contributed by atoms with Gasteiger partial charge in [0.25, 0.3) is 0 Å². The molecule has 0 bridgehead atoms. The first-order valence-corrected chi connectivity index (χ1v) is 6.76. The van der Waals surface area contributed by atoms with Crippen LogP contribution in [0.3, 0.4) is 0 Å². The lowest BCUT2D eigenvalue weighted by Gasteiger charge is -2.21. The third-order valence-electron chi connectivity index (χ3n) is 2.89. The van der Waals surface area contributed by atoms with Gasteiger partial charge in [0, 0.05) is 6.61 Å².